The Morgan fingerprint density at radius 1 is 1.00 bits per heavy atom. The minimum atomic E-state index is 0.187. The molecule has 0 aliphatic heterocycles. The van der Waals surface area contributed by atoms with Gasteiger partial charge in [-0.1, -0.05) is 26.0 Å². The molecule has 1 aromatic heterocycles. The monoisotopic (exact) mass is 287 g/mol. The molecule has 0 amide bonds. The number of benzene rings is 1. The molecule has 3 nitrogen and oxygen atoms in total. The van der Waals surface area contributed by atoms with Gasteiger partial charge in [-0.2, -0.15) is 0 Å². The molecule has 1 heterocycles. The maximum absolute atomic E-state index is 5.71. The molecule has 1 unspecified atom stereocenters. The number of hydrogen-bond donors (Lipinski definition) is 1. The Morgan fingerprint density at radius 3 is 2.29 bits per heavy atom. The van der Waals surface area contributed by atoms with Crippen LogP contribution >= 0.6 is 0 Å². The number of rotatable bonds is 7. The lowest BCUT2D eigenvalue weighted by atomic mass is 10.1. The second-order valence-corrected chi connectivity index (χ2v) is 5.90. The zero-order chi connectivity index (χ0) is 15.2. The summed E-state index contributed by atoms with van der Waals surface area (Å²) in [4.78, 5) is 0. The Hall–Kier alpha value is -1.74. The summed E-state index contributed by atoms with van der Waals surface area (Å²) in [5, 5.41) is 3.53. The fourth-order valence-electron chi connectivity index (χ4n) is 2.21. The van der Waals surface area contributed by atoms with Crippen molar-refractivity contribution < 1.29 is 9.15 Å². The molecule has 0 saturated carbocycles. The fourth-order valence-corrected chi connectivity index (χ4v) is 2.21. The van der Waals surface area contributed by atoms with Crippen LogP contribution in [0.2, 0.25) is 0 Å². The Bertz CT molecular complexity index is 517. The summed E-state index contributed by atoms with van der Waals surface area (Å²) in [7, 11) is 0. The molecule has 1 N–H and O–H groups in total. The van der Waals surface area contributed by atoms with Gasteiger partial charge in [-0.15, -0.1) is 0 Å². The summed E-state index contributed by atoms with van der Waals surface area (Å²) in [6, 6.07) is 12.6. The largest absolute Gasteiger partial charge is 0.493 e. The first kappa shape index (κ1) is 15.6. The van der Waals surface area contributed by atoms with Crippen LogP contribution in [-0.2, 0) is 0 Å². The van der Waals surface area contributed by atoms with Crippen molar-refractivity contribution in [3.63, 3.8) is 0 Å². The normalized spacial score (nSPS) is 14.1. The van der Waals surface area contributed by atoms with Gasteiger partial charge in [0.2, 0.25) is 0 Å². The summed E-state index contributed by atoms with van der Waals surface area (Å²) < 4.78 is 11.1. The highest BCUT2D eigenvalue weighted by Crippen LogP contribution is 2.22. The van der Waals surface area contributed by atoms with Crippen molar-refractivity contribution in [2.45, 2.75) is 39.8 Å². The van der Waals surface area contributed by atoms with Gasteiger partial charge >= 0.3 is 0 Å². The van der Waals surface area contributed by atoms with Gasteiger partial charge in [0, 0.05) is 6.04 Å². The maximum atomic E-state index is 5.71. The minimum absolute atomic E-state index is 0.187. The number of hydrogen-bond acceptors (Lipinski definition) is 3. The molecule has 0 bridgehead atoms. The van der Waals surface area contributed by atoms with E-state index in [0.717, 1.165) is 18.1 Å². The first-order valence-electron chi connectivity index (χ1n) is 7.58. The van der Waals surface area contributed by atoms with Crippen LogP contribution in [0.5, 0.6) is 5.75 Å². The third-order valence-electron chi connectivity index (χ3n) is 3.43. The molecule has 3 heteroatoms. The van der Waals surface area contributed by atoms with E-state index < -0.39 is 0 Å². The lowest BCUT2D eigenvalue weighted by Gasteiger charge is -2.19. The maximum Gasteiger partial charge on any atom is 0.120 e. The van der Waals surface area contributed by atoms with E-state index in [-0.39, 0.29) is 12.1 Å². The van der Waals surface area contributed by atoms with Crippen LogP contribution < -0.4 is 10.1 Å². The Labute approximate surface area is 127 Å². The summed E-state index contributed by atoms with van der Waals surface area (Å²) >= 11 is 0. The van der Waals surface area contributed by atoms with Crippen molar-refractivity contribution in [1.29, 1.82) is 0 Å². The van der Waals surface area contributed by atoms with Crippen molar-refractivity contribution in [3.8, 4) is 5.75 Å². The molecule has 114 valence electrons. The first-order valence-corrected chi connectivity index (χ1v) is 7.58. The molecule has 21 heavy (non-hydrogen) atoms. The van der Waals surface area contributed by atoms with Crippen LogP contribution in [-0.4, -0.2) is 6.61 Å². The summed E-state index contributed by atoms with van der Waals surface area (Å²) in [6.07, 6.45) is 1.71. The topological polar surface area (TPSA) is 34.4 Å². The van der Waals surface area contributed by atoms with Crippen LogP contribution in [0.3, 0.4) is 0 Å². The van der Waals surface area contributed by atoms with Crippen LogP contribution in [0.25, 0.3) is 0 Å². The smallest absolute Gasteiger partial charge is 0.120 e. The third-order valence-corrected chi connectivity index (χ3v) is 3.43. The van der Waals surface area contributed by atoms with Gasteiger partial charge in [0.05, 0.1) is 18.9 Å². The lowest BCUT2D eigenvalue weighted by molar-refractivity contribution is 0.271. The van der Waals surface area contributed by atoms with Crippen LogP contribution in [0.4, 0.5) is 0 Å². The molecule has 1 aromatic carbocycles. The molecule has 2 rings (SSSR count). The summed E-state index contributed by atoms with van der Waals surface area (Å²) in [5.41, 5.74) is 1.24. The van der Waals surface area contributed by atoms with Crippen LogP contribution in [0.15, 0.2) is 47.1 Å². The summed E-state index contributed by atoms with van der Waals surface area (Å²) in [5.74, 6) is 2.43. The first-order chi connectivity index (χ1) is 10.1. The van der Waals surface area contributed by atoms with Crippen molar-refractivity contribution in [3.05, 3.63) is 54.0 Å². The highest BCUT2D eigenvalue weighted by atomic mass is 16.5. The van der Waals surface area contributed by atoms with Crippen molar-refractivity contribution >= 4 is 0 Å². The van der Waals surface area contributed by atoms with Crippen molar-refractivity contribution in [1.82, 2.24) is 5.32 Å². The van der Waals surface area contributed by atoms with Crippen molar-refractivity contribution in [2.75, 3.05) is 6.61 Å². The molecule has 0 spiro atoms. The van der Waals surface area contributed by atoms with E-state index in [9.17, 15) is 0 Å². The number of ether oxygens (including phenoxy) is 1. The quantitative estimate of drug-likeness (QED) is 0.799. The van der Waals surface area contributed by atoms with E-state index in [1.165, 1.54) is 5.56 Å². The molecule has 2 aromatic rings. The number of furan rings is 1. The van der Waals surface area contributed by atoms with Gasteiger partial charge in [0.1, 0.15) is 11.5 Å². The molecule has 0 fully saturated rings. The molecule has 2 atom stereocenters. The lowest BCUT2D eigenvalue weighted by Crippen LogP contribution is -2.22. The molecule has 0 aliphatic carbocycles. The molecular weight excluding hydrogens is 262 g/mol. The Morgan fingerprint density at radius 2 is 1.71 bits per heavy atom. The van der Waals surface area contributed by atoms with Gasteiger partial charge < -0.3 is 14.5 Å². The van der Waals surface area contributed by atoms with Gasteiger partial charge in [-0.3, -0.25) is 0 Å². The van der Waals surface area contributed by atoms with E-state index in [1.807, 2.05) is 24.3 Å². The molecular formula is C18H25NO2. The second-order valence-electron chi connectivity index (χ2n) is 5.90. The van der Waals surface area contributed by atoms with Gasteiger partial charge in [-0.25, -0.2) is 0 Å². The molecule has 0 aliphatic rings. The van der Waals surface area contributed by atoms with Crippen LogP contribution in [0, 0.1) is 5.92 Å². The van der Waals surface area contributed by atoms with E-state index in [1.54, 1.807) is 6.26 Å². The van der Waals surface area contributed by atoms with Gasteiger partial charge in [0.15, 0.2) is 0 Å². The highest BCUT2D eigenvalue weighted by Gasteiger charge is 2.13. The van der Waals surface area contributed by atoms with Crippen molar-refractivity contribution in [2.24, 2.45) is 5.92 Å². The Kier molecular flexibility index (Phi) is 5.45. The molecule has 0 radical (unpaired) electrons. The zero-order valence-corrected chi connectivity index (χ0v) is 13.3. The Balaban J connectivity index is 1.91. The standard InChI is InChI=1S/C18H25NO2/c1-13(2)12-21-17-9-7-16(8-10-17)14(3)19-15(4)18-6-5-11-20-18/h5-11,13-15,19H,12H2,1-4H3/t14?,15-/m0/s1. The zero-order valence-electron chi connectivity index (χ0n) is 13.3. The number of nitrogens with one attached hydrogen (secondary N) is 1. The average Bonchev–Trinajstić information content (AvgIpc) is 3.00. The predicted molar refractivity (Wildman–Crippen MR) is 85.4 cm³/mol. The second kappa shape index (κ2) is 7.32. The van der Waals surface area contributed by atoms with E-state index in [2.05, 4.69) is 45.1 Å². The van der Waals surface area contributed by atoms with Crippen LogP contribution in [0.1, 0.15) is 51.1 Å². The van der Waals surface area contributed by atoms with Gasteiger partial charge in [0.25, 0.3) is 0 Å². The van der Waals surface area contributed by atoms with E-state index in [0.29, 0.717) is 5.92 Å². The average molecular weight is 287 g/mol. The van der Waals surface area contributed by atoms with Gasteiger partial charge in [-0.05, 0) is 49.6 Å². The fraction of sp³-hybridized carbons (Fsp3) is 0.444. The van der Waals surface area contributed by atoms with E-state index >= 15 is 0 Å². The third kappa shape index (κ3) is 4.64. The highest BCUT2D eigenvalue weighted by molar-refractivity contribution is 5.29. The molecule has 0 saturated heterocycles. The van der Waals surface area contributed by atoms with E-state index in [4.69, 9.17) is 9.15 Å². The minimum Gasteiger partial charge on any atom is -0.493 e. The SMILES string of the molecule is CC(C)COc1ccc(C(C)N[C@@H](C)c2ccco2)cc1. The predicted octanol–water partition coefficient (Wildman–Crippen LogP) is 4.73. The summed E-state index contributed by atoms with van der Waals surface area (Å²) in [6.45, 7) is 9.31.